The van der Waals surface area contributed by atoms with Crippen LogP contribution in [0.15, 0.2) is 66.7 Å². The lowest BCUT2D eigenvalue weighted by Gasteiger charge is -2.14. The van der Waals surface area contributed by atoms with Gasteiger partial charge in [0.15, 0.2) is 0 Å². The van der Waals surface area contributed by atoms with Crippen molar-refractivity contribution in [2.24, 2.45) is 0 Å². The molecule has 0 saturated heterocycles. The van der Waals surface area contributed by atoms with Crippen molar-refractivity contribution < 1.29 is 14.0 Å². The first-order chi connectivity index (χ1) is 14.7. The summed E-state index contributed by atoms with van der Waals surface area (Å²) in [5.74, 6) is -1.24. The number of rotatable bonds is 5. The summed E-state index contributed by atoms with van der Waals surface area (Å²) in [7, 11) is 3.53. The molecule has 158 valence electrons. The van der Waals surface area contributed by atoms with Crippen LogP contribution in [0.5, 0.6) is 0 Å². The topological polar surface area (TPSA) is 85.3 Å². The van der Waals surface area contributed by atoms with Crippen LogP contribution in [0.25, 0.3) is 0 Å². The number of benzene rings is 3. The van der Waals surface area contributed by atoms with Crippen LogP contribution in [0.4, 0.5) is 15.8 Å². The number of carbonyl (C=O) groups excluding carboxylic acids is 2. The second-order valence-electron chi connectivity index (χ2n) is 7.28. The fourth-order valence-corrected chi connectivity index (χ4v) is 2.88. The van der Waals surface area contributed by atoms with E-state index in [1.165, 1.54) is 12.1 Å². The van der Waals surface area contributed by atoms with E-state index >= 15 is 0 Å². The standard InChI is InChI=1S/C24H23FN4O2/c1-15-4-11-19(12-5-15)27-24(31)20-14-18(25)10-13-21(20)28-23(30)17-8-6-16(7-9-17)22(26)29(2)3/h4-14,26H,1-3H3,(H,27,31)(H,28,30). The summed E-state index contributed by atoms with van der Waals surface area (Å²) in [4.78, 5) is 27.1. The third-order valence-electron chi connectivity index (χ3n) is 4.65. The Morgan fingerprint density at radius 1 is 0.839 bits per heavy atom. The maximum absolute atomic E-state index is 13.8. The van der Waals surface area contributed by atoms with Crippen LogP contribution in [-0.4, -0.2) is 36.6 Å². The summed E-state index contributed by atoms with van der Waals surface area (Å²) in [5, 5.41) is 13.4. The monoisotopic (exact) mass is 418 g/mol. The van der Waals surface area contributed by atoms with Crippen molar-refractivity contribution in [1.29, 1.82) is 5.41 Å². The minimum atomic E-state index is -0.585. The molecule has 0 bridgehead atoms. The Morgan fingerprint density at radius 2 is 1.45 bits per heavy atom. The highest BCUT2D eigenvalue weighted by atomic mass is 19.1. The SMILES string of the molecule is Cc1ccc(NC(=O)c2cc(F)ccc2NC(=O)c2ccc(C(=N)N(C)C)cc2)cc1. The molecule has 0 aromatic heterocycles. The van der Waals surface area contributed by atoms with Gasteiger partial charge < -0.3 is 15.5 Å². The Kier molecular flexibility index (Phi) is 6.45. The minimum absolute atomic E-state index is 0.0138. The molecule has 0 fully saturated rings. The quantitative estimate of drug-likeness (QED) is 0.420. The molecular weight excluding hydrogens is 395 g/mol. The summed E-state index contributed by atoms with van der Waals surface area (Å²) in [6.07, 6.45) is 0. The average Bonchev–Trinajstić information content (AvgIpc) is 2.76. The molecule has 0 aliphatic carbocycles. The first kappa shape index (κ1) is 21.7. The number of hydrogen-bond acceptors (Lipinski definition) is 3. The van der Waals surface area contributed by atoms with Crippen molar-refractivity contribution in [2.75, 3.05) is 24.7 Å². The van der Waals surface area contributed by atoms with Crippen molar-refractivity contribution in [3.63, 3.8) is 0 Å². The predicted octanol–water partition coefficient (Wildman–Crippen LogP) is 4.53. The van der Waals surface area contributed by atoms with E-state index in [0.717, 1.165) is 11.6 Å². The molecule has 0 aliphatic heterocycles. The summed E-state index contributed by atoms with van der Waals surface area (Å²) >= 11 is 0. The molecule has 6 nitrogen and oxygen atoms in total. The van der Waals surface area contributed by atoms with E-state index in [9.17, 15) is 14.0 Å². The molecule has 0 spiro atoms. The maximum Gasteiger partial charge on any atom is 0.257 e. The number of hydrogen-bond donors (Lipinski definition) is 3. The van der Waals surface area contributed by atoms with E-state index in [-0.39, 0.29) is 11.3 Å². The van der Waals surface area contributed by atoms with Gasteiger partial charge in [-0.1, -0.05) is 29.8 Å². The van der Waals surface area contributed by atoms with Gasteiger partial charge in [0.1, 0.15) is 11.7 Å². The minimum Gasteiger partial charge on any atom is -0.363 e. The van der Waals surface area contributed by atoms with Crippen molar-refractivity contribution in [3.05, 3.63) is 94.8 Å². The zero-order valence-corrected chi connectivity index (χ0v) is 17.5. The molecule has 3 aromatic rings. The van der Waals surface area contributed by atoms with Crippen LogP contribution in [0, 0.1) is 18.2 Å². The second-order valence-corrected chi connectivity index (χ2v) is 7.28. The second kappa shape index (κ2) is 9.21. The molecule has 7 heteroatoms. The first-order valence-electron chi connectivity index (χ1n) is 9.60. The largest absolute Gasteiger partial charge is 0.363 e. The number of halogens is 1. The first-order valence-corrected chi connectivity index (χ1v) is 9.60. The van der Waals surface area contributed by atoms with Crippen LogP contribution in [0.2, 0.25) is 0 Å². The number of nitrogens with one attached hydrogen (secondary N) is 3. The van der Waals surface area contributed by atoms with Gasteiger partial charge in [0.25, 0.3) is 11.8 Å². The number of aryl methyl sites for hydroxylation is 1. The number of carbonyl (C=O) groups is 2. The zero-order valence-electron chi connectivity index (χ0n) is 17.5. The Labute approximate surface area is 180 Å². The van der Waals surface area contributed by atoms with Crippen molar-refractivity contribution >= 4 is 29.0 Å². The lowest BCUT2D eigenvalue weighted by Crippen LogP contribution is -2.22. The smallest absolute Gasteiger partial charge is 0.257 e. The van der Waals surface area contributed by atoms with Gasteiger partial charge in [-0.3, -0.25) is 15.0 Å². The van der Waals surface area contributed by atoms with Gasteiger partial charge in [-0.05, 0) is 49.4 Å². The van der Waals surface area contributed by atoms with E-state index in [2.05, 4.69) is 10.6 Å². The third-order valence-corrected chi connectivity index (χ3v) is 4.65. The van der Waals surface area contributed by atoms with E-state index in [1.54, 1.807) is 55.4 Å². The number of amides is 2. The zero-order chi connectivity index (χ0) is 22.5. The fraction of sp³-hybridized carbons (Fsp3) is 0.125. The van der Waals surface area contributed by atoms with Crippen molar-refractivity contribution in [2.45, 2.75) is 6.92 Å². The predicted molar refractivity (Wildman–Crippen MR) is 120 cm³/mol. The van der Waals surface area contributed by atoms with Gasteiger partial charge in [-0.15, -0.1) is 0 Å². The molecule has 0 heterocycles. The number of amidine groups is 1. The molecule has 3 aromatic carbocycles. The molecule has 31 heavy (non-hydrogen) atoms. The van der Waals surface area contributed by atoms with Crippen LogP contribution in [0.1, 0.15) is 31.8 Å². The average molecular weight is 418 g/mol. The Morgan fingerprint density at radius 3 is 2.06 bits per heavy atom. The summed E-state index contributed by atoms with van der Waals surface area (Å²) in [6, 6.07) is 17.4. The van der Waals surface area contributed by atoms with Crippen LogP contribution in [0.3, 0.4) is 0 Å². The highest BCUT2D eigenvalue weighted by Gasteiger charge is 2.16. The molecule has 0 radical (unpaired) electrons. The van der Waals surface area contributed by atoms with Gasteiger partial charge in [-0.2, -0.15) is 0 Å². The highest BCUT2D eigenvalue weighted by Crippen LogP contribution is 2.21. The summed E-state index contributed by atoms with van der Waals surface area (Å²) in [5.41, 5.74) is 2.84. The molecule has 2 amide bonds. The van der Waals surface area contributed by atoms with Crippen LogP contribution < -0.4 is 10.6 Å². The fourth-order valence-electron chi connectivity index (χ4n) is 2.88. The Hall–Kier alpha value is -4.00. The molecule has 0 atom stereocenters. The van der Waals surface area contributed by atoms with Crippen LogP contribution >= 0.6 is 0 Å². The van der Waals surface area contributed by atoms with E-state index < -0.39 is 17.6 Å². The lowest BCUT2D eigenvalue weighted by atomic mass is 10.1. The molecule has 0 saturated carbocycles. The molecular formula is C24H23FN4O2. The van der Waals surface area contributed by atoms with Crippen molar-refractivity contribution in [3.8, 4) is 0 Å². The molecule has 0 aliphatic rings. The van der Waals surface area contributed by atoms with Gasteiger partial charge in [-0.25, -0.2) is 4.39 Å². The molecule has 0 unspecified atom stereocenters. The molecule has 3 rings (SSSR count). The number of nitrogens with zero attached hydrogens (tertiary/aromatic N) is 1. The Bertz CT molecular complexity index is 1120. The summed E-state index contributed by atoms with van der Waals surface area (Å²) < 4.78 is 13.8. The van der Waals surface area contributed by atoms with E-state index in [1.807, 2.05) is 19.1 Å². The van der Waals surface area contributed by atoms with Gasteiger partial charge in [0, 0.05) is 30.9 Å². The van der Waals surface area contributed by atoms with Gasteiger partial charge in [0.05, 0.1) is 11.3 Å². The van der Waals surface area contributed by atoms with Gasteiger partial charge in [0.2, 0.25) is 0 Å². The van der Waals surface area contributed by atoms with E-state index in [4.69, 9.17) is 5.41 Å². The molecule has 3 N–H and O–H groups in total. The Balaban J connectivity index is 1.80. The summed E-state index contributed by atoms with van der Waals surface area (Å²) in [6.45, 7) is 1.93. The van der Waals surface area contributed by atoms with Gasteiger partial charge >= 0.3 is 0 Å². The lowest BCUT2D eigenvalue weighted by molar-refractivity contribution is 0.102. The third kappa shape index (κ3) is 5.33. The van der Waals surface area contributed by atoms with E-state index in [0.29, 0.717) is 22.6 Å². The maximum atomic E-state index is 13.8. The highest BCUT2D eigenvalue weighted by molar-refractivity contribution is 6.12. The van der Waals surface area contributed by atoms with Crippen molar-refractivity contribution in [1.82, 2.24) is 4.90 Å². The normalized spacial score (nSPS) is 10.3. The van der Waals surface area contributed by atoms with Crippen LogP contribution in [-0.2, 0) is 0 Å². The number of anilines is 2.